The molecule has 6 heteroatoms. The van der Waals surface area contributed by atoms with Gasteiger partial charge in [-0.25, -0.2) is 4.79 Å². The molecule has 0 unspecified atom stereocenters. The van der Waals surface area contributed by atoms with Crippen molar-refractivity contribution in [2.24, 2.45) is 0 Å². The van der Waals surface area contributed by atoms with Crippen molar-refractivity contribution < 1.29 is 19.5 Å². The van der Waals surface area contributed by atoms with Crippen LogP contribution in [0.5, 0.6) is 0 Å². The Balaban J connectivity index is 2.37. The minimum absolute atomic E-state index is 0.0610. The predicted octanol–water partition coefficient (Wildman–Crippen LogP) is 1.90. The number of hydrogen-bond acceptors (Lipinski definition) is 3. The lowest BCUT2D eigenvalue weighted by atomic mass is 10.1. The molecule has 0 saturated heterocycles. The summed E-state index contributed by atoms with van der Waals surface area (Å²) in [6.07, 6.45) is 1.01. The number of carbonyl (C=O) groups excluding carboxylic acids is 2. The normalized spacial score (nSPS) is 14.8. The molecule has 5 nitrogen and oxygen atoms in total. The van der Waals surface area contributed by atoms with Crippen LogP contribution in [0.25, 0.3) is 0 Å². The van der Waals surface area contributed by atoms with E-state index < -0.39 is 17.7 Å². The van der Waals surface area contributed by atoms with Gasteiger partial charge in [-0.05, 0) is 30.7 Å². The molecule has 1 aromatic rings. The van der Waals surface area contributed by atoms with Gasteiger partial charge in [0.25, 0.3) is 11.7 Å². The van der Waals surface area contributed by atoms with Crippen LogP contribution in [-0.2, 0) is 9.59 Å². The highest BCUT2D eigenvalue weighted by Crippen LogP contribution is 2.31. The third-order valence-corrected chi connectivity index (χ3v) is 2.95. The second-order valence-corrected chi connectivity index (χ2v) is 4.65. The van der Waals surface area contributed by atoms with Gasteiger partial charge in [-0.1, -0.05) is 11.6 Å². The number of Topliss-reactive ketones (excluding diaryl/α,β-unsaturated/α-hetero) is 1. The number of nitrogens with zero attached hydrogens (tertiary/aromatic N) is 1. The van der Waals surface area contributed by atoms with Gasteiger partial charge in [-0.2, -0.15) is 0 Å². The molecular formula is C13H10ClNO4. The van der Waals surface area contributed by atoms with E-state index in [1.165, 1.54) is 11.0 Å². The predicted molar refractivity (Wildman–Crippen MR) is 69.5 cm³/mol. The summed E-state index contributed by atoms with van der Waals surface area (Å²) >= 11 is 5.79. The van der Waals surface area contributed by atoms with Gasteiger partial charge in [-0.15, -0.1) is 0 Å². The number of fused-ring (bicyclic) bond motifs is 1. The smallest absolute Gasteiger partial charge is 0.328 e. The first-order valence-corrected chi connectivity index (χ1v) is 5.84. The molecule has 19 heavy (non-hydrogen) atoms. The highest BCUT2D eigenvalue weighted by molar-refractivity contribution is 6.52. The molecule has 2 rings (SSSR count). The average molecular weight is 280 g/mol. The minimum atomic E-state index is -1.09. The van der Waals surface area contributed by atoms with Gasteiger partial charge < -0.3 is 10.0 Å². The fourth-order valence-electron chi connectivity index (χ4n) is 1.94. The van der Waals surface area contributed by atoms with Gasteiger partial charge in [0.1, 0.15) is 0 Å². The molecular weight excluding hydrogens is 270 g/mol. The summed E-state index contributed by atoms with van der Waals surface area (Å²) in [5, 5.41) is 9.02. The number of rotatable bonds is 3. The number of anilines is 1. The Morgan fingerprint density at radius 3 is 2.74 bits per heavy atom. The number of carboxylic acid groups (broad SMARTS) is 1. The average Bonchev–Trinajstić information content (AvgIpc) is 2.53. The molecule has 0 bridgehead atoms. The molecule has 0 aromatic heterocycles. The largest absolute Gasteiger partial charge is 0.478 e. The van der Waals surface area contributed by atoms with Crippen LogP contribution in [0, 0.1) is 0 Å². The Morgan fingerprint density at radius 2 is 2.11 bits per heavy atom. The molecule has 0 saturated carbocycles. The van der Waals surface area contributed by atoms with Crippen molar-refractivity contribution in [3.63, 3.8) is 0 Å². The monoisotopic (exact) mass is 279 g/mol. The van der Waals surface area contributed by atoms with Crippen LogP contribution in [0.4, 0.5) is 5.69 Å². The van der Waals surface area contributed by atoms with Crippen molar-refractivity contribution in [2.75, 3.05) is 11.4 Å². The zero-order valence-corrected chi connectivity index (χ0v) is 10.8. The van der Waals surface area contributed by atoms with E-state index in [1.54, 1.807) is 19.1 Å². The molecule has 1 heterocycles. The van der Waals surface area contributed by atoms with E-state index in [1.807, 2.05) is 0 Å². The maximum atomic E-state index is 11.9. The lowest BCUT2D eigenvalue weighted by Crippen LogP contribution is -2.31. The van der Waals surface area contributed by atoms with Crippen LogP contribution in [0.2, 0.25) is 5.02 Å². The van der Waals surface area contributed by atoms with E-state index in [9.17, 15) is 14.4 Å². The van der Waals surface area contributed by atoms with Crippen molar-refractivity contribution in [1.82, 2.24) is 0 Å². The number of ketones is 1. The molecule has 0 radical (unpaired) electrons. The van der Waals surface area contributed by atoms with Crippen molar-refractivity contribution in [3.8, 4) is 0 Å². The molecule has 1 aromatic carbocycles. The van der Waals surface area contributed by atoms with Crippen LogP contribution in [-0.4, -0.2) is 29.3 Å². The quantitative estimate of drug-likeness (QED) is 0.677. The van der Waals surface area contributed by atoms with Gasteiger partial charge in [0.15, 0.2) is 0 Å². The number of carbonyl (C=O) groups is 3. The van der Waals surface area contributed by atoms with E-state index >= 15 is 0 Å². The molecule has 0 spiro atoms. The first-order valence-electron chi connectivity index (χ1n) is 5.46. The summed E-state index contributed by atoms with van der Waals surface area (Å²) < 4.78 is 0. The molecule has 1 N–H and O–H groups in total. The van der Waals surface area contributed by atoms with Crippen molar-refractivity contribution in [3.05, 3.63) is 40.4 Å². The van der Waals surface area contributed by atoms with E-state index in [0.717, 1.165) is 6.08 Å². The summed E-state index contributed by atoms with van der Waals surface area (Å²) in [5.74, 6) is -2.39. The summed E-state index contributed by atoms with van der Waals surface area (Å²) in [6.45, 7) is 1.64. The molecule has 1 aliphatic heterocycles. The van der Waals surface area contributed by atoms with Gasteiger partial charge in [0.05, 0.1) is 11.3 Å². The summed E-state index contributed by atoms with van der Waals surface area (Å²) in [4.78, 5) is 35.4. The van der Waals surface area contributed by atoms with E-state index in [2.05, 4.69) is 0 Å². The molecule has 0 aliphatic carbocycles. The van der Waals surface area contributed by atoms with Crippen molar-refractivity contribution in [2.45, 2.75) is 6.92 Å². The number of aliphatic carboxylic acids is 1. The fraction of sp³-hybridized carbons (Fsp3) is 0.154. The van der Waals surface area contributed by atoms with Gasteiger partial charge >= 0.3 is 5.97 Å². The Bertz CT molecular complexity index is 621. The van der Waals surface area contributed by atoms with E-state index in [4.69, 9.17) is 16.7 Å². The van der Waals surface area contributed by atoms with Crippen LogP contribution < -0.4 is 4.90 Å². The maximum Gasteiger partial charge on any atom is 0.328 e. The number of amides is 1. The number of halogens is 1. The van der Waals surface area contributed by atoms with Gasteiger partial charge in [-0.3, -0.25) is 9.59 Å². The number of hydrogen-bond donors (Lipinski definition) is 1. The number of carboxylic acids is 1. The second-order valence-electron chi connectivity index (χ2n) is 4.21. The van der Waals surface area contributed by atoms with Crippen LogP contribution >= 0.6 is 11.6 Å². The van der Waals surface area contributed by atoms with Crippen LogP contribution in [0.1, 0.15) is 17.3 Å². The minimum Gasteiger partial charge on any atom is -0.478 e. The topological polar surface area (TPSA) is 74.7 Å². The van der Waals surface area contributed by atoms with Crippen LogP contribution in [0.3, 0.4) is 0 Å². The molecule has 0 fully saturated rings. The molecule has 98 valence electrons. The Hall–Kier alpha value is -2.14. The molecule has 1 aliphatic rings. The van der Waals surface area contributed by atoms with E-state index in [-0.39, 0.29) is 12.1 Å². The Morgan fingerprint density at radius 1 is 1.42 bits per heavy atom. The summed E-state index contributed by atoms with van der Waals surface area (Å²) in [6, 6.07) is 4.59. The maximum absolute atomic E-state index is 11.9. The SMILES string of the molecule is CC(=CC(=O)O)CN1C(=O)C(=O)c2cc(Cl)ccc21. The third-order valence-electron chi connectivity index (χ3n) is 2.71. The fourth-order valence-corrected chi connectivity index (χ4v) is 2.11. The van der Waals surface area contributed by atoms with Gasteiger partial charge in [0.2, 0.25) is 0 Å². The standard InChI is InChI=1S/C13H10ClNO4/c1-7(4-11(16)17)6-15-10-3-2-8(14)5-9(10)12(18)13(15)19/h2-5H,6H2,1H3,(H,16,17). The second kappa shape index (κ2) is 4.85. The zero-order chi connectivity index (χ0) is 14.2. The lowest BCUT2D eigenvalue weighted by molar-refractivity contribution is -0.131. The Kier molecular flexibility index (Phi) is 3.40. The lowest BCUT2D eigenvalue weighted by Gasteiger charge is -2.16. The highest BCUT2D eigenvalue weighted by atomic mass is 35.5. The zero-order valence-electron chi connectivity index (χ0n) is 10.0. The van der Waals surface area contributed by atoms with Crippen molar-refractivity contribution in [1.29, 1.82) is 0 Å². The molecule has 1 amide bonds. The Labute approximate surface area is 114 Å². The highest BCUT2D eigenvalue weighted by Gasteiger charge is 2.35. The summed E-state index contributed by atoms with van der Waals surface area (Å²) in [5.41, 5.74) is 1.18. The van der Waals surface area contributed by atoms with Gasteiger partial charge in [0, 0.05) is 17.6 Å². The van der Waals surface area contributed by atoms with Crippen LogP contribution in [0.15, 0.2) is 29.8 Å². The van der Waals surface area contributed by atoms with E-state index in [0.29, 0.717) is 16.3 Å². The van der Waals surface area contributed by atoms with Crippen molar-refractivity contribution >= 4 is 34.9 Å². The summed E-state index contributed by atoms with van der Waals surface area (Å²) in [7, 11) is 0. The molecule has 0 atom stereocenters. The first kappa shape index (κ1) is 13.3. The number of benzene rings is 1. The third kappa shape index (κ3) is 2.51. The first-order chi connectivity index (χ1) is 8.90.